The molecule has 4 heteroatoms. The molecule has 0 aromatic heterocycles. The lowest BCUT2D eigenvalue weighted by molar-refractivity contribution is 0.248. The molecule has 0 saturated heterocycles. The third kappa shape index (κ3) is 0.595. The third-order valence-electron chi connectivity index (χ3n) is 1.07. The van der Waals surface area contributed by atoms with E-state index in [-0.39, 0.29) is 0 Å². The Morgan fingerprint density at radius 2 is 2.56 bits per heavy atom. The number of ether oxygens (including phenoxy) is 2. The second-order valence-corrected chi connectivity index (χ2v) is 1.61. The summed E-state index contributed by atoms with van der Waals surface area (Å²) in [6, 6.07) is 0. The summed E-state index contributed by atoms with van der Waals surface area (Å²) in [5.41, 5.74) is 0. The van der Waals surface area contributed by atoms with Gasteiger partial charge in [0.15, 0.2) is 19.0 Å². The molecule has 0 saturated carbocycles. The minimum absolute atomic E-state index is 0.363. The van der Waals surface area contributed by atoms with E-state index in [9.17, 15) is 0 Å². The lowest BCUT2D eigenvalue weighted by atomic mass is 10.5. The molecule has 0 unspecified atom stereocenters. The van der Waals surface area contributed by atoms with Gasteiger partial charge >= 0.3 is 0 Å². The number of amidine groups is 1. The Kier molecular flexibility index (Phi) is 0.798. The van der Waals surface area contributed by atoms with Crippen molar-refractivity contribution in [1.82, 2.24) is 0 Å². The van der Waals surface area contributed by atoms with Gasteiger partial charge in [0, 0.05) is 0 Å². The molecular weight excluding hydrogens is 120 g/mol. The second kappa shape index (κ2) is 1.58. The van der Waals surface area contributed by atoms with Crippen LogP contribution >= 0.6 is 0 Å². The van der Waals surface area contributed by atoms with Crippen molar-refractivity contribution < 1.29 is 9.47 Å². The number of aliphatic imine (C=N–C) groups is 2. The minimum atomic E-state index is 0.363. The average molecular weight is 124 g/mol. The van der Waals surface area contributed by atoms with E-state index in [4.69, 9.17) is 9.47 Å². The first-order chi connectivity index (χ1) is 4.47. The van der Waals surface area contributed by atoms with Crippen LogP contribution in [-0.4, -0.2) is 19.0 Å². The van der Waals surface area contributed by atoms with Gasteiger partial charge in [-0.15, -0.1) is 0 Å². The van der Waals surface area contributed by atoms with Gasteiger partial charge in [0.2, 0.25) is 5.76 Å². The first kappa shape index (κ1) is 4.55. The maximum absolute atomic E-state index is 4.98. The summed E-state index contributed by atoms with van der Waals surface area (Å²) < 4.78 is 9.70. The molecule has 0 aromatic carbocycles. The van der Waals surface area contributed by atoms with Crippen molar-refractivity contribution in [2.24, 2.45) is 9.98 Å². The van der Waals surface area contributed by atoms with E-state index in [1.165, 1.54) is 12.7 Å². The van der Waals surface area contributed by atoms with Crippen molar-refractivity contribution in [3.8, 4) is 0 Å². The van der Waals surface area contributed by atoms with E-state index >= 15 is 0 Å². The van der Waals surface area contributed by atoms with Crippen LogP contribution in [0, 0.1) is 0 Å². The SMILES string of the molecule is C1=NC2=NCOC2=CO1. The fourth-order valence-corrected chi connectivity index (χ4v) is 0.669. The van der Waals surface area contributed by atoms with E-state index in [1.807, 2.05) is 0 Å². The third-order valence-corrected chi connectivity index (χ3v) is 1.07. The van der Waals surface area contributed by atoms with E-state index in [1.54, 1.807) is 0 Å². The van der Waals surface area contributed by atoms with Crippen molar-refractivity contribution in [2.45, 2.75) is 0 Å². The Balaban J connectivity index is 2.37. The van der Waals surface area contributed by atoms with Crippen molar-refractivity contribution in [1.29, 1.82) is 0 Å². The summed E-state index contributed by atoms with van der Waals surface area (Å²) in [5, 5.41) is 0. The van der Waals surface area contributed by atoms with Gasteiger partial charge in [0.1, 0.15) is 6.26 Å². The van der Waals surface area contributed by atoms with Gasteiger partial charge in [-0.25, -0.2) is 4.99 Å². The van der Waals surface area contributed by atoms with Gasteiger partial charge in [-0.1, -0.05) is 0 Å². The molecule has 0 fully saturated rings. The van der Waals surface area contributed by atoms with Crippen molar-refractivity contribution in [3.05, 3.63) is 12.0 Å². The number of hydrogen-bond donors (Lipinski definition) is 0. The Hall–Kier alpha value is -1.32. The smallest absolute Gasteiger partial charge is 0.201 e. The monoisotopic (exact) mass is 124 g/mol. The molecule has 0 aliphatic carbocycles. The molecule has 2 aliphatic heterocycles. The molecule has 0 N–H and O–H groups in total. The van der Waals surface area contributed by atoms with Crippen LogP contribution in [0.15, 0.2) is 22.0 Å². The zero-order chi connectivity index (χ0) is 6.10. The summed E-state index contributed by atoms with van der Waals surface area (Å²) in [4.78, 5) is 7.71. The first-order valence-electron chi connectivity index (χ1n) is 2.52. The second-order valence-electron chi connectivity index (χ2n) is 1.61. The molecule has 0 amide bonds. The molecule has 0 bridgehead atoms. The van der Waals surface area contributed by atoms with Crippen LogP contribution in [0.4, 0.5) is 0 Å². The van der Waals surface area contributed by atoms with Crippen LogP contribution in [0.1, 0.15) is 0 Å². The average Bonchev–Trinajstić information content (AvgIpc) is 2.33. The Morgan fingerprint density at radius 3 is 3.44 bits per heavy atom. The summed E-state index contributed by atoms with van der Waals surface area (Å²) >= 11 is 0. The molecule has 0 aromatic rings. The molecule has 4 nitrogen and oxygen atoms in total. The van der Waals surface area contributed by atoms with Gasteiger partial charge in [0.25, 0.3) is 0 Å². The molecule has 2 aliphatic rings. The van der Waals surface area contributed by atoms with Gasteiger partial charge in [0.05, 0.1) is 0 Å². The summed E-state index contributed by atoms with van der Waals surface area (Å²) in [7, 11) is 0. The Morgan fingerprint density at radius 1 is 1.56 bits per heavy atom. The molecule has 2 rings (SSSR count). The number of fused-ring (bicyclic) bond motifs is 1. The lowest BCUT2D eigenvalue weighted by Gasteiger charge is -2.00. The quantitative estimate of drug-likeness (QED) is 0.465. The largest absolute Gasteiger partial charge is 0.464 e. The zero-order valence-corrected chi connectivity index (χ0v) is 4.57. The summed E-state index contributed by atoms with van der Waals surface area (Å²) in [6.07, 6.45) is 2.82. The molecule has 0 atom stereocenters. The first-order valence-corrected chi connectivity index (χ1v) is 2.52. The predicted molar refractivity (Wildman–Crippen MR) is 31.0 cm³/mol. The molecule has 0 spiro atoms. The highest BCUT2D eigenvalue weighted by molar-refractivity contribution is 6.02. The lowest BCUT2D eigenvalue weighted by Crippen LogP contribution is -2.01. The van der Waals surface area contributed by atoms with Gasteiger partial charge in [-0.2, -0.15) is 4.99 Å². The normalized spacial score (nSPS) is 21.3. The van der Waals surface area contributed by atoms with Crippen molar-refractivity contribution in [2.75, 3.05) is 6.73 Å². The fraction of sp³-hybridized carbons (Fsp3) is 0.200. The summed E-state index contributed by atoms with van der Waals surface area (Å²) in [6.45, 7) is 0.363. The van der Waals surface area contributed by atoms with Crippen molar-refractivity contribution >= 4 is 12.2 Å². The van der Waals surface area contributed by atoms with E-state index in [2.05, 4.69) is 9.98 Å². The van der Waals surface area contributed by atoms with E-state index < -0.39 is 0 Å². The topological polar surface area (TPSA) is 43.2 Å². The standard InChI is InChI=1S/C5H4N2O2/c1-4-5(6-2-8-1)7-3-9-4/h1-2H,3H2. The maximum Gasteiger partial charge on any atom is 0.201 e. The predicted octanol–water partition coefficient (Wildman–Crippen LogP) is 0.272. The molecule has 2 heterocycles. The molecule has 9 heavy (non-hydrogen) atoms. The highest BCUT2D eigenvalue weighted by atomic mass is 16.5. The molecule has 46 valence electrons. The zero-order valence-electron chi connectivity index (χ0n) is 4.57. The highest BCUT2D eigenvalue weighted by Gasteiger charge is 2.15. The van der Waals surface area contributed by atoms with Crippen LogP contribution in [-0.2, 0) is 9.47 Å². The van der Waals surface area contributed by atoms with Crippen LogP contribution < -0.4 is 0 Å². The van der Waals surface area contributed by atoms with E-state index in [0.717, 1.165) is 0 Å². The van der Waals surface area contributed by atoms with Crippen LogP contribution in [0.2, 0.25) is 0 Å². The Bertz CT molecular complexity index is 217. The number of rotatable bonds is 0. The van der Waals surface area contributed by atoms with Crippen LogP contribution in [0.25, 0.3) is 0 Å². The van der Waals surface area contributed by atoms with Crippen LogP contribution in [0.5, 0.6) is 0 Å². The maximum atomic E-state index is 4.98. The van der Waals surface area contributed by atoms with Gasteiger partial charge in [-0.05, 0) is 0 Å². The summed E-state index contributed by atoms with van der Waals surface area (Å²) in [5.74, 6) is 1.25. The van der Waals surface area contributed by atoms with Crippen LogP contribution in [0.3, 0.4) is 0 Å². The number of hydrogen-bond acceptors (Lipinski definition) is 4. The fourth-order valence-electron chi connectivity index (χ4n) is 0.669. The molecule has 0 radical (unpaired) electrons. The van der Waals surface area contributed by atoms with Gasteiger partial charge in [-0.3, -0.25) is 0 Å². The number of nitrogens with zero attached hydrogens (tertiary/aromatic N) is 2. The van der Waals surface area contributed by atoms with Gasteiger partial charge < -0.3 is 9.47 Å². The minimum Gasteiger partial charge on any atom is -0.464 e. The van der Waals surface area contributed by atoms with E-state index in [0.29, 0.717) is 18.3 Å². The molecular formula is C5H4N2O2. The highest BCUT2D eigenvalue weighted by Crippen LogP contribution is 2.12. The Labute approximate surface area is 51.5 Å². The van der Waals surface area contributed by atoms with Crippen molar-refractivity contribution in [3.63, 3.8) is 0 Å².